The molecule has 1 aliphatic carbocycles. The first-order valence-electron chi connectivity index (χ1n) is 6.46. The van der Waals surface area contributed by atoms with E-state index >= 15 is 0 Å². The van der Waals surface area contributed by atoms with Crippen molar-refractivity contribution in [3.63, 3.8) is 0 Å². The summed E-state index contributed by atoms with van der Waals surface area (Å²) in [4.78, 5) is 27.7. The van der Waals surface area contributed by atoms with Gasteiger partial charge >= 0.3 is 5.97 Å². The lowest BCUT2D eigenvalue weighted by atomic mass is 9.87. The topological polar surface area (TPSA) is 92.1 Å². The number of thiazole rings is 1. The number of carbonyl (C=O) groups is 2. The number of carbonyl (C=O) groups excluding carboxylic acids is 2. The first-order valence-corrected chi connectivity index (χ1v) is 7.34. The average molecular weight is 293 g/mol. The number of anilines is 1. The monoisotopic (exact) mass is 293 g/mol. The molecule has 1 heterocycles. The van der Waals surface area contributed by atoms with Crippen LogP contribution in [0.3, 0.4) is 0 Å². The second kappa shape index (κ2) is 6.01. The minimum Gasteiger partial charge on any atom is -0.461 e. The van der Waals surface area contributed by atoms with Crippen molar-refractivity contribution < 1.29 is 14.3 Å². The van der Waals surface area contributed by atoms with Gasteiger partial charge in [-0.1, -0.05) is 12.8 Å². The third-order valence-electron chi connectivity index (χ3n) is 3.31. The maximum atomic E-state index is 12.2. The second-order valence-corrected chi connectivity index (χ2v) is 5.47. The molecular weight excluding hydrogens is 278 g/mol. The van der Waals surface area contributed by atoms with Crippen molar-refractivity contribution in [2.45, 2.75) is 32.6 Å². The van der Waals surface area contributed by atoms with Gasteiger partial charge in [-0.15, -0.1) is 11.3 Å². The minimum absolute atomic E-state index is 0.171. The van der Waals surface area contributed by atoms with Gasteiger partial charge in [0.25, 0.3) is 0 Å². The number of hydrogen-bond acceptors (Lipinski definition) is 6. The molecule has 1 fully saturated rings. The summed E-state index contributed by atoms with van der Waals surface area (Å²) in [5.74, 6) is -0.845. The fraction of sp³-hybridized carbons (Fsp3) is 0.538. The molecule has 1 amide bonds. The molecule has 6 nitrogen and oxygen atoms in total. The smallest absolute Gasteiger partial charge is 0.357 e. The molecule has 0 unspecified atom stereocenters. The first kappa shape index (κ1) is 14.5. The molecule has 1 aromatic heterocycles. The molecule has 1 aromatic rings. The Labute approximate surface area is 120 Å². The van der Waals surface area contributed by atoms with Crippen molar-refractivity contribution in [1.29, 1.82) is 5.26 Å². The van der Waals surface area contributed by atoms with Crippen molar-refractivity contribution in [3.8, 4) is 6.07 Å². The zero-order valence-corrected chi connectivity index (χ0v) is 12.0. The summed E-state index contributed by atoms with van der Waals surface area (Å²) in [5, 5.41) is 13.7. The third-order valence-corrected chi connectivity index (χ3v) is 4.07. The van der Waals surface area contributed by atoms with Crippen LogP contribution in [-0.4, -0.2) is 23.5 Å². The van der Waals surface area contributed by atoms with E-state index in [1.165, 1.54) is 5.38 Å². The number of amides is 1. The van der Waals surface area contributed by atoms with E-state index in [-0.39, 0.29) is 18.2 Å². The van der Waals surface area contributed by atoms with Gasteiger partial charge in [0.15, 0.2) is 10.8 Å². The van der Waals surface area contributed by atoms with Crippen LogP contribution in [0.5, 0.6) is 0 Å². The molecule has 0 saturated heterocycles. The highest BCUT2D eigenvalue weighted by atomic mass is 32.1. The summed E-state index contributed by atoms with van der Waals surface area (Å²) in [5.41, 5.74) is -0.778. The molecule has 106 valence electrons. The Bertz CT molecular complexity index is 555. The Kier molecular flexibility index (Phi) is 4.35. The molecule has 0 aromatic carbocycles. The van der Waals surface area contributed by atoms with E-state index in [1.807, 2.05) is 0 Å². The van der Waals surface area contributed by atoms with Crippen LogP contribution >= 0.6 is 11.3 Å². The molecule has 1 aliphatic rings. The van der Waals surface area contributed by atoms with Crippen LogP contribution < -0.4 is 5.32 Å². The van der Waals surface area contributed by atoms with E-state index in [2.05, 4.69) is 16.4 Å². The molecule has 1 saturated carbocycles. The van der Waals surface area contributed by atoms with E-state index in [1.54, 1.807) is 6.92 Å². The Balaban J connectivity index is 2.05. The predicted molar refractivity (Wildman–Crippen MR) is 73.2 cm³/mol. The number of esters is 1. The normalized spacial score (nSPS) is 16.4. The number of nitrogens with one attached hydrogen (secondary N) is 1. The highest BCUT2D eigenvalue weighted by Gasteiger charge is 2.41. The summed E-state index contributed by atoms with van der Waals surface area (Å²) >= 11 is 1.15. The lowest BCUT2D eigenvalue weighted by molar-refractivity contribution is -0.122. The van der Waals surface area contributed by atoms with E-state index in [0.29, 0.717) is 18.0 Å². The van der Waals surface area contributed by atoms with E-state index in [4.69, 9.17) is 4.74 Å². The fourth-order valence-electron chi connectivity index (χ4n) is 2.21. The number of aromatic nitrogens is 1. The number of nitrogens with zero attached hydrogens (tertiary/aromatic N) is 2. The largest absolute Gasteiger partial charge is 0.461 e. The molecule has 1 N–H and O–H groups in total. The highest BCUT2D eigenvalue weighted by Crippen LogP contribution is 2.38. The molecule has 2 rings (SSSR count). The lowest BCUT2D eigenvalue weighted by Gasteiger charge is -2.17. The maximum Gasteiger partial charge on any atom is 0.357 e. The second-order valence-electron chi connectivity index (χ2n) is 4.61. The lowest BCUT2D eigenvalue weighted by Crippen LogP contribution is -2.32. The summed E-state index contributed by atoms with van der Waals surface area (Å²) in [6.45, 7) is 1.99. The van der Waals surface area contributed by atoms with Gasteiger partial charge in [-0.25, -0.2) is 9.78 Å². The van der Waals surface area contributed by atoms with Gasteiger partial charge < -0.3 is 10.1 Å². The van der Waals surface area contributed by atoms with Crippen LogP contribution in [0.2, 0.25) is 0 Å². The number of ether oxygens (including phenoxy) is 1. The van der Waals surface area contributed by atoms with Gasteiger partial charge in [0.05, 0.1) is 12.7 Å². The summed E-state index contributed by atoms with van der Waals surface area (Å²) in [7, 11) is 0. The fourth-order valence-corrected chi connectivity index (χ4v) is 2.89. The van der Waals surface area contributed by atoms with Crippen LogP contribution in [0.25, 0.3) is 0 Å². The SMILES string of the molecule is CCOC(=O)c1csc(NC(=O)C2(C#N)CCCC2)n1. The van der Waals surface area contributed by atoms with Crippen molar-refractivity contribution in [2.75, 3.05) is 11.9 Å². The van der Waals surface area contributed by atoms with Gasteiger partial charge in [0.1, 0.15) is 5.41 Å². The van der Waals surface area contributed by atoms with Crippen LogP contribution in [-0.2, 0) is 9.53 Å². The number of nitriles is 1. The molecule has 0 atom stereocenters. The summed E-state index contributed by atoms with van der Waals surface area (Å²) < 4.78 is 4.83. The molecule has 7 heteroatoms. The highest BCUT2D eigenvalue weighted by molar-refractivity contribution is 7.14. The Morgan fingerprint density at radius 3 is 2.85 bits per heavy atom. The van der Waals surface area contributed by atoms with Crippen LogP contribution in [0, 0.1) is 16.7 Å². The molecule has 0 bridgehead atoms. The molecule has 0 radical (unpaired) electrons. The van der Waals surface area contributed by atoms with Gasteiger partial charge in [-0.3, -0.25) is 4.79 Å². The minimum atomic E-state index is -0.949. The Morgan fingerprint density at radius 1 is 1.55 bits per heavy atom. The molecule has 0 aliphatic heterocycles. The van der Waals surface area contributed by atoms with Gasteiger partial charge in [0.2, 0.25) is 5.91 Å². The molecule has 20 heavy (non-hydrogen) atoms. The Morgan fingerprint density at radius 2 is 2.25 bits per heavy atom. The van der Waals surface area contributed by atoms with Gasteiger partial charge in [-0.05, 0) is 19.8 Å². The summed E-state index contributed by atoms with van der Waals surface area (Å²) in [6.07, 6.45) is 2.91. The summed E-state index contributed by atoms with van der Waals surface area (Å²) in [6, 6.07) is 2.12. The molecular formula is C13H15N3O3S. The average Bonchev–Trinajstić information content (AvgIpc) is 3.08. The zero-order valence-electron chi connectivity index (χ0n) is 11.1. The van der Waals surface area contributed by atoms with Crippen LogP contribution in [0.1, 0.15) is 43.1 Å². The standard InChI is InChI=1S/C13H15N3O3S/c1-2-19-10(17)9-7-20-12(15-9)16-11(18)13(8-14)5-3-4-6-13/h7H,2-6H2,1H3,(H,15,16,18). The van der Waals surface area contributed by atoms with E-state index in [9.17, 15) is 14.9 Å². The maximum absolute atomic E-state index is 12.2. The van der Waals surface area contributed by atoms with Gasteiger partial charge in [-0.2, -0.15) is 5.26 Å². The van der Waals surface area contributed by atoms with E-state index in [0.717, 1.165) is 24.2 Å². The van der Waals surface area contributed by atoms with Crippen LogP contribution in [0.4, 0.5) is 5.13 Å². The number of hydrogen-bond donors (Lipinski definition) is 1. The van der Waals surface area contributed by atoms with E-state index < -0.39 is 11.4 Å². The zero-order chi connectivity index (χ0) is 14.6. The van der Waals surface area contributed by atoms with Crippen molar-refractivity contribution in [2.24, 2.45) is 5.41 Å². The van der Waals surface area contributed by atoms with Crippen molar-refractivity contribution >= 4 is 28.3 Å². The number of rotatable bonds is 4. The van der Waals surface area contributed by atoms with Crippen molar-refractivity contribution in [3.05, 3.63) is 11.1 Å². The first-order chi connectivity index (χ1) is 9.61. The third kappa shape index (κ3) is 2.80. The quantitative estimate of drug-likeness (QED) is 0.860. The van der Waals surface area contributed by atoms with Gasteiger partial charge in [0, 0.05) is 5.38 Å². The molecule has 0 spiro atoms. The predicted octanol–water partition coefficient (Wildman–Crippen LogP) is 2.34. The Hall–Kier alpha value is -1.94. The van der Waals surface area contributed by atoms with Crippen LogP contribution in [0.15, 0.2) is 5.38 Å². The van der Waals surface area contributed by atoms with Crippen molar-refractivity contribution in [1.82, 2.24) is 4.98 Å².